The number of ether oxygens (including phenoxy) is 2. The molecule has 0 atom stereocenters. The number of nitrogens with zero attached hydrogens (tertiary/aromatic N) is 1. The smallest absolute Gasteiger partial charge is 0.338 e. The van der Waals surface area contributed by atoms with Crippen molar-refractivity contribution in [2.45, 2.75) is 6.92 Å². The average molecular weight is 431 g/mol. The number of carbonyl (C=O) groups is 2. The predicted octanol–water partition coefficient (Wildman–Crippen LogP) is 4.62. The number of amides is 1. The highest BCUT2D eigenvalue weighted by Gasteiger charge is 2.19. The summed E-state index contributed by atoms with van der Waals surface area (Å²) >= 11 is 0. The second-order valence-electron chi connectivity index (χ2n) is 7.45. The molecule has 0 aromatic heterocycles. The van der Waals surface area contributed by atoms with E-state index in [0.717, 1.165) is 16.8 Å². The summed E-state index contributed by atoms with van der Waals surface area (Å²) in [4.78, 5) is 27.4. The van der Waals surface area contributed by atoms with Gasteiger partial charge in [0.1, 0.15) is 0 Å². The number of hydrogen-bond donors (Lipinski definition) is 1. The Labute approximate surface area is 187 Å². The van der Waals surface area contributed by atoms with E-state index in [1.807, 2.05) is 48.5 Å². The van der Waals surface area contributed by atoms with Gasteiger partial charge in [-0.2, -0.15) is 0 Å². The summed E-state index contributed by atoms with van der Waals surface area (Å²) in [7, 11) is 0. The summed E-state index contributed by atoms with van der Waals surface area (Å²) in [6, 6.07) is 22.8. The molecule has 1 saturated heterocycles. The Morgan fingerprint density at radius 1 is 0.906 bits per heavy atom. The Morgan fingerprint density at radius 3 is 2.25 bits per heavy atom. The molecule has 164 valence electrons. The van der Waals surface area contributed by atoms with Crippen molar-refractivity contribution in [3.8, 4) is 11.1 Å². The normalized spacial score (nSPS) is 13.5. The van der Waals surface area contributed by atoms with E-state index >= 15 is 0 Å². The fraction of sp³-hybridized carbons (Fsp3) is 0.231. The van der Waals surface area contributed by atoms with E-state index in [9.17, 15) is 9.59 Å². The minimum Gasteiger partial charge on any atom is -0.462 e. The largest absolute Gasteiger partial charge is 0.462 e. The fourth-order valence-electron chi connectivity index (χ4n) is 3.70. The Hall–Kier alpha value is -3.64. The zero-order valence-corrected chi connectivity index (χ0v) is 18.0. The maximum Gasteiger partial charge on any atom is 0.338 e. The lowest BCUT2D eigenvalue weighted by Crippen LogP contribution is -2.36. The molecule has 4 rings (SSSR count). The highest BCUT2D eigenvalue weighted by Crippen LogP contribution is 2.29. The number of anilines is 2. The Morgan fingerprint density at radius 2 is 1.56 bits per heavy atom. The lowest BCUT2D eigenvalue weighted by Gasteiger charge is -2.30. The van der Waals surface area contributed by atoms with Gasteiger partial charge in [-0.05, 0) is 48.4 Å². The molecule has 0 unspecified atom stereocenters. The number of morpholine rings is 1. The first kappa shape index (κ1) is 21.6. The van der Waals surface area contributed by atoms with Gasteiger partial charge in [0.25, 0.3) is 5.91 Å². The molecular weight excluding hydrogens is 404 g/mol. The molecular formula is C26H26N2O4. The molecule has 3 aromatic rings. The number of carbonyl (C=O) groups excluding carboxylic acids is 2. The van der Waals surface area contributed by atoms with Crippen molar-refractivity contribution in [2.24, 2.45) is 0 Å². The van der Waals surface area contributed by atoms with E-state index in [2.05, 4.69) is 10.2 Å². The van der Waals surface area contributed by atoms with Crippen LogP contribution in [0.2, 0.25) is 0 Å². The SMILES string of the molecule is CCOC(=O)c1ccc(N2CCOCC2)c(NC(=O)c2ccc(-c3ccccc3)cc2)c1. The molecule has 6 nitrogen and oxygen atoms in total. The van der Waals surface area contributed by atoms with Gasteiger partial charge in [0.2, 0.25) is 0 Å². The summed E-state index contributed by atoms with van der Waals surface area (Å²) in [6.07, 6.45) is 0. The monoisotopic (exact) mass is 430 g/mol. The third-order valence-electron chi connectivity index (χ3n) is 5.36. The maximum absolute atomic E-state index is 13.0. The minimum atomic E-state index is -0.413. The summed E-state index contributed by atoms with van der Waals surface area (Å²) in [5.41, 5.74) is 4.51. The fourth-order valence-corrected chi connectivity index (χ4v) is 3.70. The van der Waals surface area contributed by atoms with Crippen LogP contribution in [0.5, 0.6) is 0 Å². The molecule has 0 saturated carbocycles. The lowest BCUT2D eigenvalue weighted by molar-refractivity contribution is 0.0526. The van der Waals surface area contributed by atoms with Gasteiger partial charge in [0.05, 0.1) is 36.8 Å². The summed E-state index contributed by atoms with van der Waals surface area (Å²) in [5, 5.41) is 2.99. The first-order valence-electron chi connectivity index (χ1n) is 10.8. The van der Waals surface area contributed by atoms with Crippen LogP contribution < -0.4 is 10.2 Å². The van der Waals surface area contributed by atoms with Crippen molar-refractivity contribution in [1.29, 1.82) is 0 Å². The minimum absolute atomic E-state index is 0.236. The van der Waals surface area contributed by atoms with Crippen molar-refractivity contribution in [3.05, 3.63) is 83.9 Å². The second-order valence-corrected chi connectivity index (χ2v) is 7.45. The molecule has 3 aromatic carbocycles. The van der Waals surface area contributed by atoms with Gasteiger partial charge in [-0.15, -0.1) is 0 Å². The maximum atomic E-state index is 13.0. The van der Waals surface area contributed by atoms with Crippen molar-refractivity contribution in [1.82, 2.24) is 0 Å². The zero-order chi connectivity index (χ0) is 22.3. The first-order chi connectivity index (χ1) is 15.7. The molecule has 1 aliphatic rings. The van der Waals surface area contributed by atoms with Crippen LogP contribution in [-0.4, -0.2) is 44.8 Å². The molecule has 0 bridgehead atoms. The predicted molar refractivity (Wildman–Crippen MR) is 125 cm³/mol. The van der Waals surface area contributed by atoms with E-state index in [1.165, 1.54) is 0 Å². The van der Waals surface area contributed by atoms with Crippen molar-refractivity contribution in [3.63, 3.8) is 0 Å². The lowest BCUT2D eigenvalue weighted by atomic mass is 10.0. The summed E-state index contributed by atoms with van der Waals surface area (Å²) < 4.78 is 10.6. The van der Waals surface area contributed by atoms with Crippen molar-refractivity contribution in [2.75, 3.05) is 43.1 Å². The van der Waals surface area contributed by atoms with E-state index in [0.29, 0.717) is 49.7 Å². The molecule has 32 heavy (non-hydrogen) atoms. The second kappa shape index (κ2) is 10.1. The van der Waals surface area contributed by atoms with Gasteiger partial charge in [0.15, 0.2) is 0 Å². The van der Waals surface area contributed by atoms with Crippen molar-refractivity contribution < 1.29 is 19.1 Å². The van der Waals surface area contributed by atoms with Crippen molar-refractivity contribution >= 4 is 23.3 Å². The van der Waals surface area contributed by atoms with Gasteiger partial charge in [-0.3, -0.25) is 4.79 Å². The number of benzene rings is 3. The van der Waals surface area contributed by atoms with Crippen LogP contribution in [0, 0.1) is 0 Å². The Bertz CT molecular complexity index is 1070. The molecule has 1 heterocycles. The molecule has 0 spiro atoms. The molecule has 1 N–H and O–H groups in total. The molecule has 1 amide bonds. The zero-order valence-electron chi connectivity index (χ0n) is 18.0. The van der Waals surface area contributed by atoms with Gasteiger partial charge in [-0.25, -0.2) is 4.79 Å². The summed E-state index contributed by atoms with van der Waals surface area (Å²) in [5.74, 6) is -0.649. The van der Waals surface area contributed by atoms with E-state index < -0.39 is 5.97 Å². The molecule has 1 fully saturated rings. The molecule has 6 heteroatoms. The van der Waals surface area contributed by atoms with E-state index in [-0.39, 0.29) is 5.91 Å². The highest BCUT2D eigenvalue weighted by atomic mass is 16.5. The Balaban J connectivity index is 1.58. The van der Waals surface area contributed by atoms with Crippen LogP contribution in [0.3, 0.4) is 0 Å². The van der Waals surface area contributed by atoms with Crippen LogP contribution in [0.1, 0.15) is 27.6 Å². The van der Waals surface area contributed by atoms with E-state index in [1.54, 1.807) is 31.2 Å². The van der Waals surface area contributed by atoms with Gasteiger partial charge >= 0.3 is 5.97 Å². The third-order valence-corrected chi connectivity index (χ3v) is 5.36. The van der Waals surface area contributed by atoms with Gasteiger partial charge in [0, 0.05) is 18.7 Å². The highest BCUT2D eigenvalue weighted by molar-refractivity contribution is 6.07. The number of rotatable bonds is 6. The summed E-state index contributed by atoms with van der Waals surface area (Å²) in [6.45, 7) is 4.73. The molecule has 0 aliphatic carbocycles. The first-order valence-corrected chi connectivity index (χ1v) is 10.8. The third kappa shape index (κ3) is 4.98. The molecule has 0 radical (unpaired) electrons. The average Bonchev–Trinajstić information content (AvgIpc) is 2.85. The van der Waals surface area contributed by atoms with Gasteiger partial charge in [-0.1, -0.05) is 42.5 Å². The van der Waals surface area contributed by atoms with Crippen LogP contribution in [0.15, 0.2) is 72.8 Å². The number of esters is 1. The van der Waals surface area contributed by atoms with Gasteiger partial charge < -0.3 is 19.7 Å². The van der Waals surface area contributed by atoms with Crippen LogP contribution >= 0.6 is 0 Å². The van der Waals surface area contributed by atoms with Crippen LogP contribution in [0.25, 0.3) is 11.1 Å². The number of hydrogen-bond acceptors (Lipinski definition) is 5. The molecule has 1 aliphatic heterocycles. The van der Waals surface area contributed by atoms with E-state index in [4.69, 9.17) is 9.47 Å². The van der Waals surface area contributed by atoms with Crippen LogP contribution in [-0.2, 0) is 9.47 Å². The standard InChI is InChI=1S/C26H26N2O4/c1-2-32-26(30)22-12-13-24(28-14-16-31-17-15-28)23(18-22)27-25(29)21-10-8-20(9-11-21)19-6-4-3-5-7-19/h3-13,18H,2,14-17H2,1H3,(H,27,29). The Kier molecular flexibility index (Phi) is 6.82. The number of nitrogens with one attached hydrogen (secondary N) is 1. The van der Waals surface area contributed by atoms with Crippen LogP contribution in [0.4, 0.5) is 11.4 Å². The quantitative estimate of drug-likeness (QED) is 0.578. The topological polar surface area (TPSA) is 67.9 Å².